The number of hydrogen-bond donors (Lipinski definition) is 3. The van der Waals surface area contributed by atoms with Crippen LogP contribution in [0.5, 0.6) is 0 Å². The summed E-state index contributed by atoms with van der Waals surface area (Å²) in [6.07, 6.45) is 3.63. The Morgan fingerprint density at radius 3 is 2.71 bits per heavy atom. The van der Waals surface area contributed by atoms with E-state index < -0.39 is 0 Å². The quantitative estimate of drug-likeness (QED) is 0.470. The molecule has 28 heavy (non-hydrogen) atoms. The number of rotatable bonds is 5. The number of nitrogen functional groups attached to an aromatic ring is 1. The lowest BCUT2D eigenvalue weighted by molar-refractivity contribution is 0.0793. The molecular weight excluding hydrogens is 352 g/mol. The second kappa shape index (κ2) is 7.64. The fourth-order valence-electron chi connectivity index (χ4n) is 3.55. The Kier molecular flexibility index (Phi) is 4.89. The van der Waals surface area contributed by atoms with Gasteiger partial charge in [-0.05, 0) is 36.6 Å². The third kappa shape index (κ3) is 3.51. The minimum Gasteiger partial charge on any atom is -0.384 e. The molecule has 1 aliphatic rings. The molecule has 142 valence electrons. The summed E-state index contributed by atoms with van der Waals surface area (Å²) in [6, 6.07) is 13.1. The highest BCUT2D eigenvalue weighted by Gasteiger charge is 2.20. The first-order valence-corrected chi connectivity index (χ1v) is 9.33. The number of carbonyl (C=O) groups excluding carboxylic acids is 1. The number of carbonyl (C=O) groups is 1. The van der Waals surface area contributed by atoms with Gasteiger partial charge in [-0.1, -0.05) is 24.3 Å². The van der Waals surface area contributed by atoms with Crippen molar-refractivity contribution in [3.63, 3.8) is 0 Å². The van der Waals surface area contributed by atoms with Crippen LogP contribution in [0.25, 0.3) is 10.9 Å². The SMILES string of the molecule is N=C(N)c1ccccc1CNc1ncnc2cc(C(=O)N3CCCC3)ccc12. The van der Waals surface area contributed by atoms with Gasteiger partial charge in [-0.3, -0.25) is 10.2 Å². The Morgan fingerprint density at radius 1 is 1.14 bits per heavy atom. The molecule has 0 unspecified atom stereocenters. The van der Waals surface area contributed by atoms with Gasteiger partial charge in [0.05, 0.1) is 5.52 Å². The van der Waals surface area contributed by atoms with E-state index in [4.69, 9.17) is 11.1 Å². The average molecular weight is 374 g/mol. The van der Waals surface area contributed by atoms with E-state index in [0.29, 0.717) is 23.5 Å². The zero-order chi connectivity index (χ0) is 19.5. The third-order valence-electron chi connectivity index (χ3n) is 5.03. The molecule has 3 aromatic rings. The van der Waals surface area contributed by atoms with Crippen LogP contribution in [-0.4, -0.2) is 39.7 Å². The van der Waals surface area contributed by atoms with Gasteiger partial charge in [0.1, 0.15) is 18.0 Å². The number of likely N-dealkylation sites (tertiary alicyclic amines) is 1. The van der Waals surface area contributed by atoms with Crippen molar-refractivity contribution in [2.75, 3.05) is 18.4 Å². The Hall–Kier alpha value is -3.48. The zero-order valence-electron chi connectivity index (χ0n) is 15.5. The van der Waals surface area contributed by atoms with Crippen LogP contribution in [0.15, 0.2) is 48.8 Å². The molecule has 4 rings (SSSR count). The number of amidine groups is 1. The van der Waals surface area contributed by atoms with Crippen LogP contribution in [0.4, 0.5) is 5.82 Å². The summed E-state index contributed by atoms with van der Waals surface area (Å²) in [5.41, 5.74) is 8.66. The Morgan fingerprint density at radius 2 is 1.93 bits per heavy atom. The van der Waals surface area contributed by atoms with Gasteiger partial charge in [-0.2, -0.15) is 0 Å². The largest absolute Gasteiger partial charge is 0.384 e. The van der Waals surface area contributed by atoms with Gasteiger partial charge in [0.2, 0.25) is 0 Å². The molecule has 1 amide bonds. The van der Waals surface area contributed by atoms with Crippen molar-refractivity contribution in [2.45, 2.75) is 19.4 Å². The number of nitrogens with two attached hydrogens (primary N) is 1. The highest BCUT2D eigenvalue weighted by atomic mass is 16.2. The van der Waals surface area contributed by atoms with Crippen molar-refractivity contribution < 1.29 is 4.79 Å². The molecule has 1 aromatic heterocycles. The fourth-order valence-corrected chi connectivity index (χ4v) is 3.55. The summed E-state index contributed by atoms with van der Waals surface area (Å²) in [4.78, 5) is 23.2. The van der Waals surface area contributed by atoms with E-state index in [0.717, 1.165) is 42.4 Å². The van der Waals surface area contributed by atoms with Crippen molar-refractivity contribution in [2.24, 2.45) is 5.73 Å². The number of nitrogens with one attached hydrogen (secondary N) is 2. The summed E-state index contributed by atoms with van der Waals surface area (Å²) in [7, 11) is 0. The second-order valence-electron chi connectivity index (χ2n) is 6.88. The molecule has 0 bridgehead atoms. The second-order valence-corrected chi connectivity index (χ2v) is 6.88. The maximum atomic E-state index is 12.6. The lowest BCUT2D eigenvalue weighted by Gasteiger charge is -2.16. The van der Waals surface area contributed by atoms with Crippen LogP contribution < -0.4 is 11.1 Å². The minimum atomic E-state index is 0.0370. The number of amides is 1. The topological polar surface area (TPSA) is 108 Å². The molecule has 0 radical (unpaired) electrons. The van der Waals surface area contributed by atoms with Gasteiger partial charge in [0.15, 0.2) is 0 Å². The predicted octanol–water partition coefficient (Wildman–Crippen LogP) is 2.76. The van der Waals surface area contributed by atoms with E-state index in [2.05, 4.69) is 15.3 Å². The molecule has 7 heteroatoms. The molecule has 1 fully saturated rings. The molecule has 0 saturated carbocycles. The maximum absolute atomic E-state index is 12.6. The molecule has 4 N–H and O–H groups in total. The van der Waals surface area contributed by atoms with Gasteiger partial charge in [-0.25, -0.2) is 9.97 Å². The van der Waals surface area contributed by atoms with E-state index in [-0.39, 0.29) is 11.7 Å². The molecule has 0 atom stereocenters. The molecule has 2 heterocycles. The number of nitrogens with zero attached hydrogens (tertiary/aromatic N) is 3. The Labute approximate surface area is 163 Å². The molecule has 1 saturated heterocycles. The summed E-state index contributed by atoms with van der Waals surface area (Å²) < 4.78 is 0. The molecule has 0 spiro atoms. The van der Waals surface area contributed by atoms with Crippen molar-refractivity contribution in [1.82, 2.24) is 14.9 Å². The first kappa shape index (κ1) is 17.9. The van der Waals surface area contributed by atoms with E-state index in [1.54, 1.807) is 0 Å². The normalized spacial score (nSPS) is 13.6. The van der Waals surface area contributed by atoms with Crippen molar-refractivity contribution >= 4 is 28.5 Å². The van der Waals surface area contributed by atoms with Crippen molar-refractivity contribution in [3.05, 3.63) is 65.5 Å². The predicted molar refractivity (Wildman–Crippen MR) is 109 cm³/mol. The molecule has 2 aromatic carbocycles. The third-order valence-corrected chi connectivity index (χ3v) is 5.03. The van der Waals surface area contributed by atoms with Crippen molar-refractivity contribution in [1.29, 1.82) is 5.41 Å². The van der Waals surface area contributed by atoms with Gasteiger partial charge in [-0.15, -0.1) is 0 Å². The lowest BCUT2D eigenvalue weighted by atomic mass is 10.1. The highest BCUT2D eigenvalue weighted by Crippen LogP contribution is 2.23. The first-order chi connectivity index (χ1) is 13.6. The van der Waals surface area contributed by atoms with Crippen LogP contribution in [0, 0.1) is 5.41 Å². The summed E-state index contributed by atoms with van der Waals surface area (Å²) in [6.45, 7) is 2.13. The van der Waals surface area contributed by atoms with E-state index >= 15 is 0 Å². The van der Waals surface area contributed by atoms with E-state index in [9.17, 15) is 4.79 Å². The number of anilines is 1. The van der Waals surface area contributed by atoms with E-state index in [1.807, 2.05) is 47.4 Å². The summed E-state index contributed by atoms with van der Waals surface area (Å²) in [5.74, 6) is 0.779. The van der Waals surface area contributed by atoms with Crippen LogP contribution in [0.2, 0.25) is 0 Å². The maximum Gasteiger partial charge on any atom is 0.253 e. The number of hydrogen-bond acceptors (Lipinski definition) is 5. The number of benzene rings is 2. The number of fused-ring (bicyclic) bond motifs is 1. The van der Waals surface area contributed by atoms with Crippen molar-refractivity contribution in [3.8, 4) is 0 Å². The summed E-state index contributed by atoms with van der Waals surface area (Å²) >= 11 is 0. The first-order valence-electron chi connectivity index (χ1n) is 9.33. The average Bonchev–Trinajstić information content (AvgIpc) is 3.26. The van der Waals surface area contributed by atoms with Gasteiger partial charge in [0.25, 0.3) is 5.91 Å². The minimum absolute atomic E-state index is 0.0370. The van der Waals surface area contributed by atoms with Crippen LogP contribution in [0.3, 0.4) is 0 Å². The van der Waals surface area contributed by atoms with Gasteiger partial charge < -0.3 is 16.0 Å². The van der Waals surface area contributed by atoms with E-state index in [1.165, 1.54) is 6.33 Å². The molecule has 0 aliphatic carbocycles. The smallest absolute Gasteiger partial charge is 0.253 e. The standard InChI is InChI=1S/C21H22N6O/c22-19(23)16-6-2-1-5-15(16)12-24-20-17-8-7-14(11-18(17)25-13-26-20)21(28)27-9-3-4-10-27/h1-2,5-8,11,13H,3-4,9-10,12H2,(H3,22,23)(H,24,25,26). The van der Waals surface area contributed by atoms with Crippen LogP contribution in [0.1, 0.15) is 34.3 Å². The zero-order valence-corrected chi connectivity index (χ0v) is 15.5. The van der Waals surface area contributed by atoms with Gasteiger partial charge >= 0.3 is 0 Å². The monoisotopic (exact) mass is 374 g/mol. The van der Waals surface area contributed by atoms with Crippen LogP contribution >= 0.6 is 0 Å². The van der Waals surface area contributed by atoms with Crippen LogP contribution in [-0.2, 0) is 6.54 Å². The Balaban J connectivity index is 1.58. The lowest BCUT2D eigenvalue weighted by Crippen LogP contribution is -2.27. The molecule has 1 aliphatic heterocycles. The highest BCUT2D eigenvalue weighted by molar-refractivity contribution is 6.00. The Bertz CT molecular complexity index is 1040. The summed E-state index contributed by atoms with van der Waals surface area (Å²) in [5, 5.41) is 11.9. The molecule has 7 nitrogen and oxygen atoms in total. The fraction of sp³-hybridized carbons (Fsp3) is 0.238. The number of aromatic nitrogens is 2. The van der Waals surface area contributed by atoms with Gasteiger partial charge in [0, 0.05) is 36.1 Å². The molecular formula is C21H22N6O.